The van der Waals surface area contributed by atoms with Crippen molar-refractivity contribution in [3.63, 3.8) is 0 Å². The number of rotatable bonds is 4. The van der Waals surface area contributed by atoms with E-state index in [1.165, 1.54) is 7.11 Å². The molecular weight excluding hydrogens is 292 g/mol. The second-order valence-electron chi connectivity index (χ2n) is 5.52. The van der Waals surface area contributed by atoms with E-state index in [9.17, 15) is 9.00 Å². The zero-order valence-corrected chi connectivity index (χ0v) is 13.3. The van der Waals surface area contributed by atoms with Crippen LogP contribution in [0.3, 0.4) is 0 Å². The normalized spacial score (nSPS) is 16.0. The van der Waals surface area contributed by atoms with E-state index in [0.717, 1.165) is 6.42 Å². The first-order chi connectivity index (χ1) is 9.94. The van der Waals surface area contributed by atoms with Crippen molar-refractivity contribution < 1.29 is 23.2 Å². The fourth-order valence-electron chi connectivity index (χ4n) is 2.03. The van der Waals surface area contributed by atoms with Gasteiger partial charge < -0.3 is 14.2 Å². The first kappa shape index (κ1) is 15.8. The van der Waals surface area contributed by atoms with Gasteiger partial charge in [-0.25, -0.2) is 0 Å². The van der Waals surface area contributed by atoms with Crippen LogP contribution in [-0.4, -0.2) is 36.3 Å². The van der Waals surface area contributed by atoms with Crippen LogP contribution >= 0.6 is 0 Å². The molecule has 0 amide bonds. The minimum absolute atomic E-state index is 0.194. The molecule has 116 valence electrons. The molecule has 0 saturated heterocycles. The number of benzene rings is 1. The molecule has 0 spiro atoms. The molecule has 1 atom stereocenters. The molecular formula is C15H20O5S. The Morgan fingerprint density at radius 2 is 1.95 bits per heavy atom. The maximum atomic E-state index is 12.5. The number of hydrogen-bond acceptors (Lipinski definition) is 5. The average Bonchev–Trinajstić information content (AvgIpc) is 2.70. The van der Waals surface area contributed by atoms with Crippen LogP contribution in [0.15, 0.2) is 23.1 Å². The zero-order valence-electron chi connectivity index (χ0n) is 12.5. The van der Waals surface area contributed by atoms with Crippen molar-refractivity contribution in [3.05, 3.63) is 18.2 Å². The van der Waals surface area contributed by atoms with Crippen molar-refractivity contribution in [2.45, 2.75) is 25.2 Å². The maximum Gasteiger partial charge on any atom is 0.312 e. The summed E-state index contributed by atoms with van der Waals surface area (Å²) < 4.78 is 28.3. The number of carbonyl (C=O) groups is 1. The number of carbonyl (C=O) groups excluding carboxylic acids is 1. The number of hydrogen-bond donors (Lipinski definition) is 0. The summed E-state index contributed by atoms with van der Waals surface area (Å²) in [5.74, 6) is 1.10. The van der Waals surface area contributed by atoms with Gasteiger partial charge in [-0.05, 0) is 26.0 Å². The van der Waals surface area contributed by atoms with Crippen LogP contribution in [0, 0.1) is 5.41 Å². The zero-order chi connectivity index (χ0) is 15.5. The molecule has 0 fully saturated rings. The highest BCUT2D eigenvalue weighted by Crippen LogP contribution is 2.32. The van der Waals surface area contributed by atoms with Crippen LogP contribution < -0.4 is 9.47 Å². The lowest BCUT2D eigenvalue weighted by Gasteiger charge is -2.20. The van der Waals surface area contributed by atoms with E-state index in [0.29, 0.717) is 29.6 Å². The van der Waals surface area contributed by atoms with Gasteiger partial charge in [0.1, 0.15) is 0 Å². The molecule has 0 saturated carbocycles. The lowest BCUT2D eigenvalue weighted by Crippen LogP contribution is -2.31. The Labute approximate surface area is 127 Å². The molecule has 1 aromatic rings. The van der Waals surface area contributed by atoms with E-state index in [-0.39, 0.29) is 11.7 Å². The van der Waals surface area contributed by atoms with E-state index in [4.69, 9.17) is 14.2 Å². The lowest BCUT2D eigenvalue weighted by atomic mass is 9.97. The summed E-state index contributed by atoms with van der Waals surface area (Å²) in [5.41, 5.74) is -0.802. The number of fused-ring (bicyclic) bond motifs is 1. The lowest BCUT2D eigenvalue weighted by molar-refractivity contribution is -0.149. The van der Waals surface area contributed by atoms with Crippen LogP contribution in [0.2, 0.25) is 0 Å². The first-order valence-corrected chi connectivity index (χ1v) is 8.12. The third-order valence-electron chi connectivity index (χ3n) is 3.21. The Hall–Kier alpha value is -1.56. The van der Waals surface area contributed by atoms with Crippen molar-refractivity contribution in [2.24, 2.45) is 5.41 Å². The summed E-state index contributed by atoms with van der Waals surface area (Å²) in [6.45, 7) is 4.64. The molecule has 1 aromatic carbocycles. The van der Waals surface area contributed by atoms with E-state index in [1.807, 2.05) is 0 Å². The van der Waals surface area contributed by atoms with E-state index >= 15 is 0 Å². The molecule has 21 heavy (non-hydrogen) atoms. The minimum atomic E-state index is -1.32. The highest BCUT2D eigenvalue weighted by atomic mass is 32.2. The van der Waals surface area contributed by atoms with Gasteiger partial charge in [-0.1, -0.05) is 0 Å². The van der Waals surface area contributed by atoms with Gasteiger partial charge in [-0.3, -0.25) is 9.00 Å². The van der Waals surface area contributed by atoms with Crippen LogP contribution in [0.4, 0.5) is 0 Å². The summed E-state index contributed by atoms with van der Waals surface area (Å²) in [5, 5.41) is 0. The Bertz CT molecular complexity index is 553. The Balaban J connectivity index is 2.17. The molecule has 6 heteroatoms. The molecule has 1 heterocycles. The topological polar surface area (TPSA) is 61.8 Å². The second kappa shape index (κ2) is 6.47. The summed E-state index contributed by atoms with van der Waals surface area (Å²) in [7, 11) is 0.0188. The van der Waals surface area contributed by atoms with Gasteiger partial charge in [0.2, 0.25) is 0 Å². The minimum Gasteiger partial charge on any atom is -0.490 e. The van der Waals surface area contributed by atoms with E-state index < -0.39 is 16.2 Å². The molecule has 0 aromatic heterocycles. The van der Waals surface area contributed by atoms with Crippen LogP contribution in [0.25, 0.3) is 0 Å². The number of esters is 1. The van der Waals surface area contributed by atoms with Gasteiger partial charge >= 0.3 is 5.97 Å². The average molecular weight is 312 g/mol. The molecule has 0 N–H and O–H groups in total. The Morgan fingerprint density at radius 3 is 2.62 bits per heavy atom. The van der Waals surface area contributed by atoms with Gasteiger partial charge in [-0.2, -0.15) is 0 Å². The molecule has 0 radical (unpaired) electrons. The third-order valence-corrected chi connectivity index (χ3v) is 4.98. The van der Waals surface area contributed by atoms with Gasteiger partial charge in [-0.15, -0.1) is 0 Å². The summed E-state index contributed by atoms with van der Waals surface area (Å²) in [6.07, 6.45) is 0.822. The summed E-state index contributed by atoms with van der Waals surface area (Å²) in [6, 6.07) is 5.24. The largest absolute Gasteiger partial charge is 0.490 e. The predicted molar refractivity (Wildman–Crippen MR) is 79.1 cm³/mol. The van der Waals surface area contributed by atoms with Gasteiger partial charge in [0.15, 0.2) is 11.5 Å². The van der Waals surface area contributed by atoms with Crippen molar-refractivity contribution in [3.8, 4) is 11.5 Å². The van der Waals surface area contributed by atoms with Crippen LogP contribution in [0.5, 0.6) is 11.5 Å². The molecule has 0 aliphatic carbocycles. The third kappa shape index (κ3) is 3.75. The van der Waals surface area contributed by atoms with Gasteiger partial charge in [0.25, 0.3) is 0 Å². The Morgan fingerprint density at radius 1 is 1.29 bits per heavy atom. The molecule has 1 unspecified atom stereocenters. The summed E-state index contributed by atoms with van der Waals surface area (Å²) in [4.78, 5) is 12.3. The van der Waals surface area contributed by atoms with Crippen molar-refractivity contribution in [1.82, 2.24) is 0 Å². The van der Waals surface area contributed by atoms with Crippen molar-refractivity contribution >= 4 is 16.8 Å². The van der Waals surface area contributed by atoms with E-state index in [2.05, 4.69) is 0 Å². The monoisotopic (exact) mass is 312 g/mol. The molecule has 0 bridgehead atoms. The number of methoxy groups -OCH3 is 1. The number of ether oxygens (including phenoxy) is 3. The SMILES string of the molecule is COC(=O)C(C)(C)CS(=O)c1ccc2c(c1)OCCCO2. The molecule has 5 nitrogen and oxygen atoms in total. The first-order valence-electron chi connectivity index (χ1n) is 6.80. The Kier molecular flexibility index (Phi) is 4.88. The highest BCUT2D eigenvalue weighted by Gasteiger charge is 2.31. The predicted octanol–water partition coefficient (Wildman–Crippen LogP) is 2.15. The van der Waals surface area contributed by atoms with E-state index in [1.54, 1.807) is 32.0 Å². The second-order valence-corrected chi connectivity index (χ2v) is 6.98. The quantitative estimate of drug-likeness (QED) is 0.797. The van der Waals surface area contributed by atoms with Crippen molar-refractivity contribution in [1.29, 1.82) is 0 Å². The summed E-state index contributed by atoms with van der Waals surface area (Å²) >= 11 is 0. The standard InChI is InChI=1S/C15H20O5S/c1-15(2,14(16)18-3)10-21(17)11-5-6-12-13(9-11)20-8-4-7-19-12/h5-6,9H,4,7-8,10H2,1-3H3. The van der Waals surface area contributed by atoms with Crippen LogP contribution in [-0.2, 0) is 20.3 Å². The molecule has 1 aliphatic heterocycles. The molecule has 1 aliphatic rings. The maximum absolute atomic E-state index is 12.5. The smallest absolute Gasteiger partial charge is 0.312 e. The van der Waals surface area contributed by atoms with Gasteiger partial charge in [0.05, 0.1) is 36.5 Å². The van der Waals surface area contributed by atoms with Crippen molar-refractivity contribution in [2.75, 3.05) is 26.1 Å². The fraction of sp³-hybridized carbons (Fsp3) is 0.533. The van der Waals surface area contributed by atoms with Gasteiger partial charge in [0, 0.05) is 23.1 Å². The van der Waals surface area contributed by atoms with Crippen LogP contribution in [0.1, 0.15) is 20.3 Å². The fourth-order valence-corrected chi connectivity index (χ4v) is 3.43. The highest BCUT2D eigenvalue weighted by molar-refractivity contribution is 7.85. The molecule has 2 rings (SSSR count).